The summed E-state index contributed by atoms with van der Waals surface area (Å²) in [5.74, 6) is -4.18. The molecule has 114 valence electrons. The molecule has 1 amide bonds. The van der Waals surface area contributed by atoms with Gasteiger partial charge < -0.3 is 15.7 Å². The van der Waals surface area contributed by atoms with E-state index >= 15 is 0 Å². The molecule has 0 bridgehead atoms. The Morgan fingerprint density at radius 1 is 1.29 bits per heavy atom. The summed E-state index contributed by atoms with van der Waals surface area (Å²) >= 11 is 0. The van der Waals surface area contributed by atoms with Crippen molar-refractivity contribution in [3.63, 3.8) is 0 Å². The molecule has 1 aromatic carbocycles. The third kappa shape index (κ3) is 3.18. The second kappa shape index (κ2) is 5.77. The van der Waals surface area contributed by atoms with Crippen molar-refractivity contribution < 1.29 is 23.5 Å². The first-order chi connectivity index (χ1) is 9.83. The minimum atomic E-state index is -1.52. The van der Waals surface area contributed by atoms with Crippen molar-refractivity contribution in [1.29, 1.82) is 0 Å². The molecule has 1 unspecified atom stereocenters. The molecule has 7 heteroatoms. The van der Waals surface area contributed by atoms with Gasteiger partial charge in [-0.3, -0.25) is 4.79 Å². The smallest absolute Gasteiger partial charge is 0.338 e. The molecule has 2 rings (SSSR count). The van der Waals surface area contributed by atoms with Crippen molar-refractivity contribution >= 4 is 17.6 Å². The van der Waals surface area contributed by atoms with Gasteiger partial charge in [0.2, 0.25) is 5.91 Å². The van der Waals surface area contributed by atoms with E-state index in [9.17, 15) is 18.4 Å². The fourth-order valence-electron chi connectivity index (χ4n) is 2.32. The van der Waals surface area contributed by atoms with Crippen LogP contribution in [0, 0.1) is 11.6 Å². The first-order valence-electron chi connectivity index (χ1n) is 6.62. The minimum Gasteiger partial charge on any atom is -0.478 e. The molecule has 1 saturated heterocycles. The Bertz CT molecular complexity index is 584. The molecule has 1 aliphatic heterocycles. The second-order valence-corrected chi connectivity index (χ2v) is 5.29. The summed E-state index contributed by atoms with van der Waals surface area (Å²) in [7, 11) is 0. The highest BCUT2D eigenvalue weighted by Crippen LogP contribution is 2.24. The van der Waals surface area contributed by atoms with E-state index in [1.165, 1.54) is 0 Å². The summed E-state index contributed by atoms with van der Waals surface area (Å²) in [5, 5.41) is 14.2. The summed E-state index contributed by atoms with van der Waals surface area (Å²) < 4.78 is 27.0. The molecular formula is C14H16F2N2O3. The average molecular weight is 298 g/mol. The lowest BCUT2D eigenvalue weighted by molar-refractivity contribution is -0.122. The Morgan fingerprint density at radius 3 is 2.57 bits per heavy atom. The summed E-state index contributed by atoms with van der Waals surface area (Å²) in [6.45, 7) is 2.37. The first kappa shape index (κ1) is 15.4. The Morgan fingerprint density at radius 2 is 2.00 bits per heavy atom. The zero-order chi connectivity index (χ0) is 15.6. The van der Waals surface area contributed by atoms with E-state index in [0.717, 1.165) is 18.9 Å². The lowest BCUT2D eigenvalue weighted by Gasteiger charge is -2.33. The molecule has 0 aromatic heterocycles. The number of hydrogen-bond acceptors (Lipinski definition) is 3. The van der Waals surface area contributed by atoms with Crippen LogP contribution in [0.2, 0.25) is 0 Å². The Kier molecular flexibility index (Phi) is 4.22. The molecule has 3 N–H and O–H groups in total. The van der Waals surface area contributed by atoms with Gasteiger partial charge in [-0.15, -0.1) is 0 Å². The van der Waals surface area contributed by atoms with Crippen molar-refractivity contribution in [1.82, 2.24) is 5.32 Å². The van der Waals surface area contributed by atoms with Crippen LogP contribution in [-0.2, 0) is 4.79 Å². The van der Waals surface area contributed by atoms with Crippen LogP contribution < -0.4 is 10.6 Å². The molecule has 5 nitrogen and oxygen atoms in total. The predicted octanol–water partition coefficient (Wildman–Crippen LogP) is 2.13. The van der Waals surface area contributed by atoms with E-state index in [1.807, 2.05) is 0 Å². The standard InChI is InChI=1S/C14H16F2N2O3/c1-14(4-2-3-5-17-14)13(21)18-11-6-8(12(19)20)9(15)7-10(11)16/h6-7,17H,2-5H2,1H3,(H,18,21)(H,19,20). The van der Waals surface area contributed by atoms with Crippen LogP contribution in [0.1, 0.15) is 36.5 Å². The van der Waals surface area contributed by atoms with Gasteiger partial charge in [-0.25, -0.2) is 13.6 Å². The van der Waals surface area contributed by atoms with E-state index in [2.05, 4.69) is 10.6 Å². The van der Waals surface area contributed by atoms with Crippen molar-refractivity contribution in [3.05, 3.63) is 29.3 Å². The van der Waals surface area contributed by atoms with Crippen LogP contribution in [0.3, 0.4) is 0 Å². The number of amides is 1. The third-order valence-corrected chi connectivity index (χ3v) is 3.66. The lowest BCUT2D eigenvalue weighted by atomic mass is 9.90. The van der Waals surface area contributed by atoms with Gasteiger partial charge in [0.1, 0.15) is 11.6 Å². The summed E-state index contributed by atoms with van der Waals surface area (Å²) in [4.78, 5) is 23.1. The monoisotopic (exact) mass is 298 g/mol. The molecule has 1 aliphatic rings. The van der Waals surface area contributed by atoms with Crippen LogP contribution in [-0.4, -0.2) is 29.1 Å². The number of carbonyl (C=O) groups is 2. The quantitative estimate of drug-likeness (QED) is 0.799. The second-order valence-electron chi connectivity index (χ2n) is 5.29. The van der Waals surface area contributed by atoms with Gasteiger partial charge >= 0.3 is 5.97 Å². The molecule has 1 atom stereocenters. The van der Waals surface area contributed by atoms with Crippen molar-refractivity contribution in [2.45, 2.75) is 31.7 Å². The van der Waals surface area contributed by atoms with Gasteiger partial charge in [0.15, 0.2) is 0 Å². The highest BCUT2D eigenvalue weighted by Gasteiger charge is 2.34. The topological polar surface area (TPSA) is 78.4 Å². The summed E-state index contributed by atoms with van der Waals surface area (Å²) in [6.07, 6.45) is 2.41. The number of nitrogens with one attached hydrogen (secondary N) is 2. The zero-order valence-corrected chi connectivity index (χ0v) is 11.5. The Balaban J connectivity index is 2.24. The van der Waals surface area contributed by atoms with Gasteiger partial charge in [0.25, 0.3) is 0 Å². The molecule has 1 heterocycles. The Labute approximate surface area is 120 Å². The average Bonchev–Trinajstić information content (AvgIpc) is 2.42. The number of halogens is 2. The number of aromatic carboxylic acids is 1. The van der Waals surface area contributed by atoms with Crippen LogP contribution >= 0.6 is 0 Å². The number of piperidine rings is 1. The normalized spacial score (nSPS) is 21.9. The SMILES string of the molecule is CC1(C(=O)Nc2cc(C(=O)O)c(F)cc2F)CCCCN1. The maximum Gasteiger partial charge on any atom is 0.338 e. The molecule has 0 saturated carbocycles. The maximum atomic E-state index is 13.7. The summed E-state index contributed by atoms with van der Waals surface area (Å²) in [6, 6.07) is 1.24. The van der Waals surface area contributed by atoms with E-state index in [4.69, 9.17) is 5.11 Å². The molecule has 0 aliphatic carbocycles. The fraction of sp³-hybridized carbons (Fsp3) is 0.429. The molecule has 1 aromatic rings. The minimum absolute atomic E-state index is 0.340. The van der Waals surface area contributed by atoms with E-state index < -0.39 is 34.6 Å². The zero-order valence-electron chi connectivity index (χ0n) is 11.5. The van der Waals surface area contributed by atoms with Crippen molar-refractivity contribution in [2.75, 3.05) is 11.9 Å². The van der Waals surface area contributed by atoms with Crippen LogP contribution in [0.25, 0.3) is 0 Å². The fourth-order valence-corrected chi connectivity index (χ4v) is 2.32. The van der Waals surface area contributed by atoms with Gasteiger partial charge in [-0.1, -0.05) is 0 Å². The number of benzene rings is 1. The lowest BCUT2D eigenvalue weighted by Crippen LogP contribution is -2.54. The maximum absolute atomic E-state index is 13.7. The molecule has 0 radical (unpaired) electrons. The van der Waals surface area contributed by atoms with E-state index in [-0.39, 0.29) is 5.69 Å². The van der Waals surface area contributed by atoms with Crippen molar-refractivity contribution in [3.8, 4) is 0 Å². The number of anilines is 1. The van der Waals surface area contributed by atoms with Crippen LogP contribution in [0.15, 0.2) is 12.1 Å². The molecule has 1 fully saturated rings. The largest absolute Gasteiger partial charge is 0.478 e. The number of carboxylic acid groups (broad SMARTS) is 1. The predicted molar refractivity (Wildman–Crippen MR) is 72.2 cm³/mol. The summed E-state index contributed by atoms with van der Waals surface area (Å²) in [5.41, 5.74) is -1.87. The molecular weight excluding hydrogens is 282 g/mol. The van der Waals surface area contributed by atoms with E-state index in [0.29, 0.717) is 19.0 Å². The molecule has 21 heavy (non-hydrogen) atoms. The van der Waals surface area contributed by atoms with Gasteiger partial charge in [0, 0.05) is 6.07 Å². The van der Waals surface area contributed by atoms with Gasteiger partial charge in [-0.2, -0.15) is 0 Å². The number of carbonyl (C=O) groups excluding carboxylic acids is 1. The van der Waals surface area contributed by atoms with E-state index in [1.54, 1.807) is 6.92 Å². The number of carboxylic acids is 1. The van der Waals surface area contributed by atoms with Gasteiger partial charge in [0.05, 0.1) is 16.8 Å². The highest BCUT2D eigenvalue weighted by atomic mass is 19.1. The number of hydrogen-bond donors (Lipinski definition) is 3. The number of rotatable bonds is 3. The molecule has 0 spiro atoms. The first-order valence-corrected chi connectivity index (χ1v) is 6.62. The van der Waals surface area contributed by atoms with Crippen molar-refractivity contribution in [2.24, 2.45) is 0 Å². The van der Waals surface area contributed by atoms with Gasteiger partial charge in [-0.05, 0) is 38.8 Å². The van der Waals surface area contributed by atoms with Crippen LogP contribution in [0.5, 0.6) is 0 Å². The highest BCUT2D eigenvalue weighted by molar-refractivity contribution is 5.99. The Hall–Kier alpha value is -2.02. The third-order valence-electron chi connectivity index (χ3n) is 3.66. The van der Waals surface area contributed by atoms with Crippen LogP contribution in [0.4, 0.5) is 14.5 Å².